The van der Waals surface area contributed by atoms with Gasteiger partial charge >= 0.3 is 6.09 Å². The number of benzene rings is 1. The highest BCUT2D eigenvalue weighted by Crippen LogP contribution is 2.31. The summed E-state index contributed by atoms with van der Waals surface area (Å²) in [7, 11) is 0. The molecule has 0 bridgehead atoms. The number of hydrogen-bond donors (Lipinski definition) is 3. The fourth-order valence-electron chi connectivity index (χ4n) is 4.28. The summed E-state index contributed by atoms with van der Waals surface area (Å²) in [6, 6.07) is 3.83. The van der Waals surface area contributed by atoms with Crippen LogP contribution in [0.2, 0.25) is 0 Å². The number of nitrogens with one attached hydrogen (secondary N) is 2. The van der Waals surface area contributed by atoms with Crippen LogP contribution in [-0.2, 0) is 20.9 Å². The minimum Gasteiger partial charge on any atom is -0.508 e. The van der Waals surface area contributed by atoms with Crippen molar-refractivity contribution in [3.8, 4) is 16.2 Å². The van der Waals surface area contributed by atoms with E-state index >= 15 is 0 Å². The largest absolute Gasteiger partial charge is 0.508 e. The van der Waals surface area contributed by atoms with Crippen LogP contribution < -0.4 is 10.6 Å². The van der Waals surface area contributed by atoms with Crippen molar-refractivity contribution in [2.24, 2.45) is 5.41 Å². The van der Waals surface area contributed by atoms with E-state index < -0.39 is 29.2 Å². The van der Waals surface area contributed by atoms with Crippen molar-refractivity contribution >= 4 is 29.2 Å². The molecule has 1 aromatic carbocycles. The molecule has 202 valence electrons. The third kappa shape index (κ3) is 7.21. The van der Waals surface area contributed by atoms with E-state index in [2.05, 4.69) is 15.6 Å². The number of nitrogens with zero attached hydrogens (tertiary/aromatic N) is 2. The number of carbonyl (C=O) groups is 3. The number of hydrogen-bond acceptors (Lipinski definition) is 7. The predicted molar refractivity (Wildman–Crippen MR) is 143 cm³/mol. The Bertz CT molecular complexity index is 1150. The standard InChI is InChI=1S/C27H38N4O5S/c1-16-21(37-15-29-16)17-10-11-18(20(32)13-17)14-28-23(33)19-9-8-12-31(19)24(34)22(26(2,3)4)30-25(35)36-27(5,6)7/h10-11,13,15,19,22,32H,8-9,12,14H2,1-7H3,(H,28,33)(H,30,35). The first-order valence-electron chi connectivity index (χ1n) is 12.5. The molecule has 2 aromatic rings. The van der Waals surface area contributed by atoms with Gasteiger partial charge in [0.1, 0.15) is 23.4 Å². The Morgan fingerprint density at radius 2 is 1.92 bits per heavy atom. The van der Waals surface area contributed by atoms with E-state index in [0.717, 1.165) is 16.1 Å². The van der Waals surface area contributed by atoms with E-state index in [4.69, 9.17) is 4.74 Å². The first-order valence-corrected chi connectivity index (χ1v) is 13.4. The summed E-state index contributed by atoms with van der Waals surface area (Å²) in [6.45, 7) is 13.3. The number of amides is 3. The molecular weight excluding hydrogens is 492 g/mol. The van der Waals surface area contributed by atoms with E-state index in [1.807, 2.05) is 33.8 Å². The van der Waals surface area contributed by atoms with Gasteiger partial charge in [-0.1, -0.05) is 32.9 Å². The van der Waals surface area contributed by atoms with Crippen LogP contribution in [0.3, 0.4) is 0 Å². The maximum Gasteiger partial charge on any atom is 0.408 e. The van der Waals surface area contributed by atoms with E-state index in [-0.39, 0.29) is 24.1 Å². The molecule has 10 heteroatoms. The number of likely N-dealkylation sites (tertiary alicyclic amines) is 1. The quantitative estimate of drug-likeness (QED) is 0.510. The average Bonchev–Trinajstić information content (AvgIpc) is 3.43. The molecular formula is C27H38N4O5S. The number of ether oxygens (including phenoxy) is 1. The topological polar surface area (TPSA) is 121 Å². The molecule has 0 spiro atoms. The van der Waals surface area contributed by atoms with Crippen molar-refractivity contribution in [1.82, 2.24) is 20.5 Å². The van der Waals surface area contributed by atoms with Crippen molar-refractivity contribution in [2.45, 2.75) is 85.5 Å². The third-order valence-electron chi connectivity index (χ3n) is 6.16. The van der Waals surface area contributed by atoms with Crippen molar-refractivity contribution < 1.29 is 24.2 Å². The highest BCUT2D eigenvalue weighted by molar-refractivity contribution is 7.13. The summed E-state index contributed by atoms with van der Waals surface area (Å²) in [5.74, 6) is -0.528. The second-order valence-electron chi connectivity index (χ2n) is 11.5. The van der Waals surface area contributed by atoms with Gasteiger partial charge in [-0.05, 0) is 57.6 Å². The zero-order valence-electron chi connectivity index (χ0n) is 22.7. The lowest BCUT2D eigenvalue weighted by Crippen LogP contribution is -2.58. The molecule has 1 aliphatic heterocycles. The Morgan fingerprint density at radius 3 is 2.49 bits per heavy atom. The molecule has 37 heavy (non-hydrogen) atoms. The van der Waals surface area contributed by atoms with Crippen LogP contribution in [0.1, 0.15) is 65.6 Å². The minimum absolute atomic E-state index is 0.0827. The molecule has 2 atom stereocenters. The molecule has 2 unspecified atom stereocenters. The number of aryl methyl sites for hydroxylation is 1. The molecule has 1 fully saturated rings. The molecule has 3 amide bonds. The number of phenolic OH excluding ortho intramolecular Hbond substituents is 1. The van der Waals surface area contributed by atoms with Gasteiger partial charge < -0.3 is 25.4 Å². The second-order valence-corrected chi connectivity index (χ2v) is 12.3. The minimum atomic E-state index is -0.859. The van der Waals surface area contributed by atoms with Crippen molar-refractivity contribution in [1.29, 1.82) is 0 Å². The lowest BCUT2D eigenvalue weighted by molar-refractivity contribution is -0.142. The van der Waals surface area contributed by atoms with Gasteiger partial charge in [-0.25, -0.2) is 9.78 Å². The number of phenols is 1. The van der Waals surface area contributed by atoms with Crippen LogP contribution in [0.25, 0.3) is 10.4 Å². The Hall–Kier alpha value is -3.14. The van der Waals surface area contributed by atoms with E-state index in [0.29, 0.717) is 24.9 Å². The lowest BCUT2D eigenvalue weighted by atomic mass is 9.85. The van der Waals surface area contributed by atoms with Crippen LogP contribution in [0.15, 0.2) is 23.7 Å². The Kier molecular flexibility index (Phi) is 8.52. The number of thiazole rings is 1. The van der Waals surface area contributed by atoms with Gasteiger partial charge in [-0.15, -0.1) is 11.3 Å². The van der Waals surface area contributed by atoms with E-state index in [1.54, 1.807) is 38.4 Å². The highest BCUT2D eigenvalue weighted by Gasteiger charge is 2.42. The fourth-order valence-corrected chi connectivity index (χ4v) is 5.08. The molecule has 1 saturated heterocycles. The summed E-state index contributed by atoms with van der Waals surface area (Å²) in [5.41, 5.74) is 2.81. The Balaban J connectivity index is 1.67. The molecule has 3 rings (SSSR count). The van der Waals surface area contributed by atoms with Crippen molar-refractivity contribution in [3.63, 3.8) is 0 Å². The maximum absolute atomic E-state index is 13.5. The number of aromatic hydroxyl groups is 1. The second kappa shape index (κ2) is 11.1. The summed E-state index contributed by atoms with van der Waals surface area (Å²) >= 11 is 1.50. The monoisotopic (exact) mass is 530 g/mol. The molecule has 9 nitrogen and oxygen atoms in total. The number of aromatic nitrogens is 1. The molecule has 1 aromatic heterocycles. The summed E-state index contributed by atoms with van der Waals surface area (Å²) in [4.78, 5) is 45.9. The van der Waals surface area contributed by atoms with Crippen molar-refractivity contribution in [2.75, 3.05) is 6.54 Å². The Labute approximate surface area is 222 Å². The highest BCUT2D eigenvalue weighted by atomic mass is 32.1. The molecule has 0 aliphatic carbocycles. The average molecular weight is 531 g/mol. The van der Waals surface area contributed by atoms with Gasteiger partial charge in [0.05, 0.1) is 16.1 Å². The fraction of sp³-hybridized carbons (Fsp3) is 0.556. The van der Waals surface area contributed by atoms with Gasteiger partial charge in [0.25, 0.3) is 0 Å². The number of rotatable bonds is 6. The van der Waals surface area contributed by atoms with Gasteiger partial charge in [-0.2, -0.15) is 0 Å². The first-order chi connectivity index (χ1) is 17.2. The molecule has 0 radical (unpaired) electrons. The zero-order valence-corrected chi connectivity index (χ0v) is 23.5. The summed E-state index contributed by atoms with van der Waals surface area (Å²) in [6.07, 6.45) is 0.533. The predicted octanol–water partition coefficient (Wildman–Crippen LogP) is 4.37. The number of alkyl carbamates (subject to hydrolysis) is 1. The van der Waals surface area contributed by atoms with Gasteiger partial charge in [0, 0.05) is 18.7 Å². The first kappa shape index (κ1) is 28.4. The van der Waals surface area contributed by atoms with E-state index in [9.17, 15) is 19.5 Å². The van der Waals surface area contributed by atoms with Crippen LogP contribution in [0.5, 0.6) is 5.75 Å². The smallest absolute Gasteiger partial charge is 0.408 e. The molecule has 2 heterocycles. The van der Waals surface area contributed by atoms with Crippen LogP contribution >= 0.6 is 11.3 Å². The summed E-state index contributed by atoms with van der Waals surface area (Å²) in [5, 5.41) is 16.1. The maximum atomic E-state index is 13.5. The third-order valence-corrected chi connectivity index (χ3v) is 7.14. The summed E-state index contributed by atoms with van der Waals surface area (Å²) < 4.78 is 5.36. The number of carbonyl (C=O) groups excluding carboxylic acids is 3. The molecule has 1 aliphatic rings. The SMILES string of the molecule is Cc1ncsc1-c1ccc(CNC(=O)C2CCCN2C(=O)C(NC(=O)OC(C)(C)C)C(C)(C)C)c(O)c1. The zero-order chi connectivity index (χ0) is 27.5. The Morgan fingerprint density at radius 1 is 1.22 bits per heavy atom. The van der Waals surface area contributed by atoms with Crippen LogP contribution in [0, 0.1) is 12.3 Å². The lowest BCUT2D eigenvalue weighted by Gasteiger charge is -2.35. The normalized spacial score (nSPS) is 16.8. The molecule has 0 saturated carbocycles. The van der Waals surface area contributed by atoms with Gasteiger partial charge in [0.15, 0.2) is 0 Å². The van der Waals surface area contributed by atoms with E-state index in [1.165, 1.54) is 16.2 Å². The van der Waals surface area contributed by atoms with Crippen LogP contribution in [0.4, 0.5) is 4.79 Å². The van der Waals surface area contributed by atoms with Crippen molar-refractivity contribution in [3.05, 3.63) is 35.0 Å². The van der Waals surface area contributed by atoms with Gasteiger partial charge in [0.2, 0.25) is 11.8 Å². The molecule has 3 N–H and O–H groups in total. The van der Waals surface area contributed by atoms with Gasteiger partial charge in [-0.3, -0.25) is 9.59 Å². The van der Waals surface area contributed by atoms with Crippen LogP contribution in [-0.4, -0.2) is 57.1 Å².